The predicted octanol–water partition coefficient (Wildman–Crippen LogP) is 0.971. The van der Waals surface area contributed by atoms with Crippen LogP contribution in [0.15, 0.2) is 30.9 Å². The molecule has 0 bridgehead atoms. The van der Waals surface area contributed by atoms with Crippen molar-refractivity contribution in [3.8, 4) is 5.82 Å². The molecule has 4 nitrogen and oxygen atoms in total. The molecular weight excluding hydrogens is 152 g/mol. The van der Waals surface area contributed by atoms with Crippen LogP contribution in [0.4, 0.5) is 0 Å². The van der Waals surface area contributed by atoms with Gasteiger partial charge in [-0.05, 0) is 13.0 Å². The van der Waals surface area contributed by atoms with Gasteiger partial charge in [-0.15, -0.1) is 0 Å². The van der Waals surface area contributed by atoms with Gasteiger partial charge in [0.15, 0.2) is 5.82 Å². The Labute approximate surface area is 69.9 Å². The summed E-state index contributed by atoms with van der Waals surface area (Å²) in [7, 11) is 0. The van der Waals surface area contributed by atoms with E-state index in [9.17, 15) is 0 Å². The summed E-state index contributed by atoms with van der Waals surface area (Å²) < 4.78 is 1.70. The van der Waals surface area contributed by atoms with Crippen molar-refractivity contribution in [3.05, 3.63) is 36.5 Å². The predicted molar refractivity (Wildman–Crippen MR) is 43.9 cm³/mol. The minimum atomic E-state index is 0.780. The molecule has 2 aromatic rings. The van der Waals surface area contributed by atoms with Crippen molar-refractivity contribution in [2.45, 2.75) is 6.92 Å². The maximum absolute atomic E-state index is 4.16. The van der Waals surface area contributed by atoms with Crippen LogP contribution >= 0.6 is 0 Å². The molecule has 60 valence electrons. The van der Waals surface area contributed by atoms with Gasteiger partial charge in [-0.2, -0.15) is 5.10 Å². The molecule has 0 N–H and O–H groups in total. The number of aromatic nitrogens is 4. The molecule has 0 amide bonds. The van der Waals surface area contributed by atoms with E-state index in [1.54, 1.807) is 23.3 Å². The first-order chi connectivity index (χ1) is 5.88. The summed E-state index contributed by atoms with van der Waals surface area (Å²) in [6, 6.07) is 1.86. The van der Waals surface area contributed by atoms with E-state index in [1.807, 2.05) is 19.2 Å². The minimum Gasteiger partial charge on any atom is -0.256 e. The van der Waals surface area contributed by atoms with Crippen molar-refractivity contribution in [3.63, 3.8) is 0 Å². The first-order valence-corrected chi connectivity index (χ1v) is 3.65. The summed E-state index contributed by atoms with van der Waals surface area (Å²) in [4.78, 5) is 8.27. The number of hydrogen-bond acceptors (Lipinski definition) is 3. The lowest BCUT2D eigenvalue weighted by Crippen LogP contribution is -2.01. The van der Waals surface area contributed by atoms with Gasteiger partial charge in [0, 0.05) is 24.8 Å². The lowest BCUT2D eigenvalue weighted by atomic mass is 10.4. The molecule has 0 aliphatic carbocycles. The van der Waals surface area contributed by atoms with Crippen LogP contribution in [0.1, 0.15) is 5.69 Å². The summed E-state index contributed by atoms with van der Waals surface area (Å²) in [5.74, 6) is 0.780. The Morgan fingerprint density at radius 2 is 2.00 bits per heavy atom. The van der Waals surface area contributed by atoms with Crippen LogP contribution in [-0.4, -0.2) is 19.7 Å². The average Bonchev–Trinajstić information content (AvgIpc) is 2.57. The van der Waals surface area contributed by atoms with Crippen molar-refractivity contribution in [1.29, 1.82) is 0 Å². The van der Waals surface area contributed by atoms with Crippen molar-refractivity contribution >= 4 is 0 Å². The molecule has 0 aromatic carbocycles. The molecule has 0 spiro atoms. The van der Waals surface area contributed by atoms with Crippen LogP contribution in [0.25, 0.3) is 5.82 Å². The van der Waals surface area contributed by atoms with Gasteiger partial charge < -0.3 is 0 Å². The van der Waals surface area contributed by atoms with E-state index in [-0.39, 0.29) is 0 Å². The van der Waals surface area contributed by atoms with Crippen LogP contribution in [0, 0.1) is 6.92 Å². The SMILES string of the molecule is Cc1nccnc1-n1cccn1. The van der Waals surface area contributed by atoms with Crippen molar-refractivity contribution in [1.82, 2.24) is 19.7 Å². The molecule has 0 radical (unpaired) electrons. The highest BCUT2D eigenvalue weighted by atomic mass is 15.3. The number of hydrogen-bond donors (Lipinski definition) is 0. The Bertz CT molecular complexity index is 366. The van der Waals surface area contributed by atoms with Crippen molar-refractivity contribution in [2.75, 3.05) is 0 Å². The Balaban J connectivity index is 2.55. The number of aryl methyl sites for hydroxylation is 1. The van der Waals surface area contributed by atoms with E-state index < -0.39 is 0 Å². The Morgan fingerprint density at radius 1 is 1.17 bits per heavy atom. The summed E-state index contributed by atoms with van der Waals surface area (Å²) in [6.07, 6.45) is 6.89. The molecule has 2 rings (SSSR count). The fourth-order valence-corrected chi connectivity index (χ4v) is 1.02. The first-order valence-electron chi connectivity index (χ1n) is 3.65. The molecule has 0 atom stereocenters. The quantitative estimate of drug-likeness (QED) is 0.624. The van der Waals surface area contributed by atoms with Gasteiger partial charge in [0.1, 0.15) is 0 Å². The molecule has 0 unspecified atom stereocenters. The molecule has 12 heavy (non-hydrogen) atoms. The molecule has 0 saturated heterocycles. The van der Waals surface area contributed by atoms with Gasteiger partial charge in [-0.3, -0.25) is 4.98 Å². The molecular formula is C8H8N4. The third-order valence-corrected chi connectivity index (χ3v) is 1.58. The number of nitrogens with zero attached hydrogens (tertiary/aromatic N) is 4. The molecule has 0 saturated carbocycles. The molecule has 0 fully saturated rings. The fraction of sp³-hybridized carbons (Fsp3) is 0.125. The molecule has 2 heterocycles. The average molecular weight is 160 g/mol. The summed E-state index contributed by atoms with van der Waals surface area (Å²) in [6.45, 7) is 1.91. The van der Waals surface area contributed by atoms with E-state index in [4.69, 9.17) is 0 Å². The van der Waals surface area contributed by atoms with E-state index in [0.29, 0.717) is 0 Å². The minimum absolute atomic E-state index is 0.780. The maximum Gasteiger partial charge on any atom is 0.174 e. The third-order valence-electron chi connectivity index (χ3n) is 1.58. The van der Waals surface area contributed by atoms with Crippen LogP contribution in [0.5, 0.6) is 0 Å². The smallest absolute Gasteiger partial charge is 0.174 e. The molecule has 0 aliphatic heterocycles. The van der Waals surface area contributed by atoms with Gasteiger partial charge in [-0.1, -0.05) is 0 Å². The van der Waals surface area contributed by atoms with Crippen molar-refractivity contribution in [2.24, 2.45) is 0 Å². The summed E-state index contributed by atoms with van der Waals surface area (Å²) in [5.41, 5.74) is 0.876. The highest BCUT2D eigenvalue weighted by Gasteiger charge is 2.00. The van der Waals surface area contributed by atoms with Crippen LogP contribution < -0.4 is 0 Å². The van der Waals surface area contributed by atoms with Gasteiger partial charge >= 0.3 is 0 Å². The monoisotopic (exact) mass is 160 g/mol. The largest absolute Gasteiger partial charge is 0.256 e. The first kappa shape index (κ1) is 6.97. The lowest BCUT2D eigenvalue weighted by Gasteiger charge is -2.01. The Morgan fingerprint density at radius 3 is 2.67 bits per heavy atom. The standard InChI is InChI=1S/C8H8N4/c1-7-8(10-5-4-9-7)12-6-2-3-11-12/h2-6H,1H3. The Kier molecular flexibility index (Phi) is 1.59. The molecule has 4 heteroatoms. The Hall–Kier alpha value is -1.71. The zero-order valence-electron chi connectivity index (χ0n) is 6.68. The molecule has 0 aliphatic rings. The second-order valence-corrected chi connectivity index (χ2v) is 2.42. The highest BCUT2D eigenvalue weighted by molar-refractivity contribution is 5.24. The van der Waals surface area contributed by atoms with E-state index in [0.717, 1.165) is 11.5 Å². The second-order valence-electron chi connectivity index (χ2n) is 2.42. The second kappa shape index (κ2) is 2.73. The maximum atomic E-state index is 4.16. The summed E-state index contributed by atoms with van der Waals surface area (Å²) >= 11 is 0. The van der Waals surface area contributed by atoms with Gasteiger partial charge in [0.25, 0.3) is 0 Å². The molecule has 2 aromatic heterocycles. The van der Waals surface area contributed by atoms with E-state index in [1.165, 1.54) is 0 Å². The van der Waals surface area contributed by atoms with Crippen molar-refractivity contribution < 1.29 is 0 Å². The topological polar surface area (TPSA) is 43.6 Å². The van der Waals surface area contributed by atoms with Crippen LogP contribution in [0.2, 0.25) is 0 Å². The third kappa shape index (κ3) is 1.07. The van der Waals surface area contributed by atoms with Crippen LogP contribution in [0.3, 0.4) is 0 Å². The normalized spacial score (nSPS) is 10.1. The zero-order valence-corrected chi connectivity index (χ0v) is 6.68. The van der Waals surface area contributed by atoms with E-state index in [2.05, 4.69) is 15.1 Å². The number of rotatable bonds is 1. The highest BCUT2D eigenvalue weighted by Crippen LogP contribution is 2.04. The van der Waals surface area contributed by atoms with Gasteiger partial charge in [-0.25, -0.2) is 9.67 Å². The van der Waals surface area contributed by atoms with Gasteiger partial charge in [0.2, 0.25) is 0 Å². The van der Waals surface area contributed by atoms with Crippen LogP contribution in [-0.2, 0) is 0 Å². The lowest BCUT2D eigenvalue weighted by molar-refractivity contribution is 0.824. The van der Waals surface area contributed by atoms with E-state index >= 15 is 0 Å². The summed E-state index contributed by atoms with van der Waals surface area (Å²) in [5, 5.41) is 4.06. The fourth-order valence-electron chi connectivity index (χ4n) is 1.02. The van der Waals surface area contributed by atoms with Gasteiger partial charge in [0.05, 0.1) is 5.69 Å². The zero-order chi connectivity index (χ0) is 8.39.